The van der Waals surface area contributed by atoms with Crippen molar-refractivity contribution in [2.45, 2.75) is 6.92 Å². The lowest BCUT2D eigenvalue weighted by molar-refractivity contribution is -0.384. The predicted octanol–water partition coefficient (Wildman–Crippen LogP) is 1.87. The summed E-state index contributed by atoms with van der Waals surface area (Å²) in [5, 5.41) is 17.6. The Morgan fingerprint density at radius 3 is 2.74 bits per heavy atom. The van der Waals surface area contributed by atoms with Gasteiger partial charge < -0.3 is 5.32 Å². The summed E-state index contributed by atoms with van der Waals surface area (Å²) in [4.78, 5) is 21.1. The zero-order chi connectivity index (χ0) is 14.0. The Kier molecular flexibility index (Phi) is 3.28. The van der Waals surface area contributed by atoms with Crippen molar-refractivity contribution in [1.82, 2.24) is 9.78 Å². The van der Waals surface area contributed by atoms with Crippen LogP contribution < -0.4 is 5.32 Å². The van der Waals surface area contributed by atoms with E-state index in [-0.39, 0.29) is 5.69 Å². The van der Waals surface area contributed by atoms with Crippen molar-refractivity contribution in [3.63, 3.8) is 0 Å². The van der Waals surface area contributed by atoms with E-state index in [2.05, 4.69) is 10.4 Å². The predicted molar refractivity (Wildman–Crippen MR) is 69.7 cm³/mol. The molecular weight excluding hydrogens is 248 g/mol. The second-order valence-corrected chi connectivity index (χ2v) is 4.11. The molecule has 0 aliphatic rings. The average molecular weight is 260 g/mol. The standard InChI is InChI=1S/C12H12N4O3/c1-8-3-10(9-5-14-15(2)6-9)12(16(18)19)4-11(8)13-7-17/h3-7H,1-2H3,(H,13,17). The molecule has 1 amide bonds. The van der Waals surface area contributed by atoms with Crippen LogP contribution in [0.5, 0.6) is 0 Å². The molecule has 1 N–H and O–H groups in total. The van der Waals surface area contributed by atoms with Gasteiger partial charge in [-0.3, -0.25) is 19.6 Å². The molecule has 1 aromatic heterocycles. The molecule has 0 atom stereocenters. The largest absolute Gasteiger partial charge is 0.328 e. The molecule has 0 aliphatic heterocycles. The highest BCUT2D eigenvalue weighted by atomic mass is 16.6. The van der Waals surface area contributed by atoms with E-state index < -0.39 is 4.92 Å². The molecule has 0 unspecified atom stereocenters. The topological polar surface area (TPSA) is 90.1 Å². The molecule has 0 saturated heterocycles. The first kappa shape index (κ1) is 12.7. The number of nitrogens with one attached hydrogen (secondary N) is 1. The van der Waals surface area contributed by atoms with Gasteiger partial charge in [-0.25, -0.2) is 0 Å². The SMILES string of the molecule is Cc1cc(-c2cnn(C)c2)c([N+](=O)[O-])cc1NC=O. The van der Waals surface area contributed by atoms with Crippen molar-refractivity contribution >= 4 is 17.8 Å². The molecule has 7 nitrogen and oxygen atoms in total. The van der Waals surface area contributed by atoms with Gasteiger partial charge in [0.1, 0.15) is 0 Å². The Balaban J connectivity index is 2.62. The number of carbonyl (C=O) groups is 1. The minimum atomic E-state index is -0.474. The number of carbonyl (C=O) groups excluding carboxylic acids is 1. The molecule has 19 heavy (non-hydrogen) atoms. The number of hydrogen-bond donors (Lipinski definition) is 1. The van der Waals surface area contributed by atoms with E-state index in [1.54, 1.807) is 37.1 Å². The zero-order valence-electron chi connectivity index (χ0n) is 10.5. The number of anilines is 1. The summed E-state index contributed by atoms with van der Waals surface area (Å²) < 4.78 is 1.58. The van der Waals surface area contributed by atoms with Crippen molar-refractivity contribution in [2.75, 3.05) is 5.32 Å². The van der Waals surface area contributed by atoms with Crippen LogP contribution in [0.4, 0.5) is 11.4 Å². The average Bonchev–Trinajstić information content (AvgIpc) is 2.78. The Hall–Kier alpha value is -2.70. The summed E-state index contributed by atoms with van der Waals surface area (Å²) in [7, 11) is 1.74. The minimum Gasteiger partial charge on any atom is -0.328 e. The van der Waals surface area contributed by atoms with Crippen molar-refractivity contribution in [2.24, 2.45) is 7.05 Å². The second-order valence-electron chi connectivity index (χ2n) is 4.11. The molecule has 0 saturated carbocycles. The fraction of sp³-hybridized carbons (Fsp3) is 0.167. The van der Waals surface area contributed by atoms with E-state index in [0.717, 1.165) is 5.56 Å². The molecule has 2 rings (SSSR count). The Morgan fingerprint density at radius 2 is 2.21 bits per heavy atom. The number of aryl methyl sites for hydroxylation is 2. The number of amides is 1. The first-order chi connectivity index (χ1) is 9.02. The second kappa shape index (κ2) is 4.89. The Labute approximate surface area is 109 Å². The molecule has 7 heteroatoms. The molecule has 0 bridgehead atoms. The van der Waals surface area contributed by atoms with Gasteiger partial charge in [0.15, 0.2) is 0 Å². The molecule has 1 heterocycles. The quantitative estimate of drug-likeness (QED) is 0.516. The summed E-state index contributed by atoms with van der Waals surface area (Å²) in [6.45, 7) is 1.77. The first-order valence-electron chi connectivity index (χ1n) is 5.51. The minimum absolute atomic E-state index is 0.0667. The van der Waals surface area contributed by atoms with Crippen molar-refractivity contribution in [1.29, 1.82) is 0 Å². The van der Waals surface area contributed by atoms with Gasteiger partial charge >= 0.3 is 0 Å². The van der Waals surface area contributed by atoms with Crippen LogP contribution in [0.1, 0.15) is 5.56 Å². The fourth-order valence-corrected chi connectivity index (χ4v) is 1.86. The van der Waals surface area contributed by atoms with Gasteiger partial charge in [-0.1, -0.05) is 0 Å². The highest BCUT2D eigenvalue weighted by Crippen LogP contribution is 2.34. The van der Waals surface area contributed by atoms with E-state index >= 15 is 0 Å². The van der Waals surface area contributed by atoms with Crippen molar-refractivity contribution in [3.8, 4) is 11.1 Å². The monoisotopic (exact) mass is 260 g/mol. The van der Waals surface area contributed by atoms with Crippen LogP contribution in [-0.2, 0) is 11.8 Å². The van der Waals surface area contributed by atoms with Crippen LogP contribution in [0.25, 0.3) is 11.1 Å². The number of nitrogens with zero attached hydrogens (tertiary/aromatic N) is 3. The molecule has 0 spiro atoms. The molecule has 2 aromatic rings. The highest BCUT2D eigenvalue weighted by molar-refractivity contribution is 5.82. The van der Waals surface area contributed by atoms with Gasteiger partial charge in [0.25, 0.3) is 5.69 Å². The zero-order valence-corrected chi connectivity index (χ0v) is 10.5. The summed E-state index contributed by atoms with van der Waals surface area (Å²) in [5.41, 5.74) is 2.25. The normalized spacial score (nSPS) is 10.2. The maximum atomic E-state index is 11.1. The molecular formula is C12H12N4O3. The Morgan fingerprint density at radius 1 is 1.47 bits per heavy atom. The molecule has 0 fully saturated rings. The van der Waals surface area contributed by atoms with Gasteiger partial charge in [0, 0.05) is 24.9 Å². The van der Waals surface area contributed by atoms with Crippen LogP contribution in [0.15, 0.2) is 24.5 Å². The lowest BCUT2D eigenvalue weighted by Crippen LogP contribution is -2.00. The van der Waals surface area contributed by atoms with Gasteiger partial charge in [0.05, 0.1) is 22.4 Å². The van der Waals surface area contributed by atoms with E-state index in [4.69, 9.17) is 0 Å². The lowest BCUT2D eigenvalue weighted by Gasteiger charge is -2.07. The van der Waals surface area contributed by atoms with Crippen LogP contribution in [0, 0.1) is 17.0 Å². The van der Waals surface area contributed by atoms with E-state index in [1.807, 2.05) is 0 Å². The highest BCUT2D eigenvalue weighted by Gasteiger charge is 2.19. The number of rotatable bonds is 4. The van der Waals surface area contributed by atoms with Crippen molar-refractivity contribution in [3.05, 3.63) is 40.2 Å². The Bertz CT molecular complexity index is 648. The molecule has 0 radical (unpaired) electrons. The van der Waals surface area contributed by atoms with E-state index in [9.17, 15) is 14.9 Å². The lowest BCUT2D eigenvalue weighted by atomic mass is 10.0. The number of benzene rings is 1. The summed E-state index contributed by atoms with van der Waals surface area (Å²) in [6, 6.07) is 3.02. The summed E-state index contributed by atoms with van der Waals surface area (Å²) in [6.07, 6.45) is 3.76. The molecule has 98 valence electrons. The number of nitro groups is 1. The van der Waals surface area contributed by atoms with Crippen LogP contribution in [0.3, 0.4) is 0 Å². The molecule has 0 aliphatic carbocycles. The first-order valence-corrected chi connectivity index (χ1v) is 5.51. The van der Waals surface area contributed by atoms with E-state index in [0.29, 0.717) is 23.2 Å². The third-order valence-electron chi connectivity index (χ3n) is 2.77. The van der Waals surface area contributed by atoms with E-state index in [1.165, 1.54) is 6.07 Å². The number of nitro benzene ring substituents is 1. The van der Waals surface area contributed by atoms with Gasteiger partial charge in [-0.2, -0.15) is 5.10 Å². The summed E-state index contributed by atoms with van der Waals surface area (Å²) >= 11 is 0. The van der Waals surface area contributed by atoms with Gasteiger partial charge in [0.2, 0.25) is 6.41 Å². The maximum Gasteiger partial charge on any atom is 0.279 e. The summed E-state index contributed by atoms with van der Waals surface area (Å²) in [5.74, 6) is 0. The fourth-order valence-electron chi connectivity index (χ4n) is 1.86. The van der Waals surface area contributed by atoms with Gasteiger partial charge in [-0.05, 0) is 18.6 Å². The molecule has 1 aromatic carbocycles. The van der Waals surface area contributed by atoms with Crippen LogP contribution in [-0.4, -0.2) is 21.1 Å². The third-order valence-corrected chi connectivity index (χ3v) is 2.77. The number of hydrogen-bond acceptors (Lipinski definition) is 4. The third kappa shape index (κ3) is 2.44. The van der Waals surface area contributed by atoms with Gasteiger partial charge in [-0.15, -0.1) is 0 Å². The van der Waals surface area contributed by atoms with Crippen LogP contribution >= 0.6 is 0 Å². The van der Waals surface area contributed by atoms with Crippen LogP contribution in [0.2, 0.25) is 0 Å². The number of aromatic nitrogens is 2. The van der Waals surface area contributed by atoms with Crippen molar-refractivity contribution < 1.29 is 9.72 Å². The maximum absolute atomic E-state index is 11.1. The smallest absolute Gasteiger partial charge is 0.279 e.